The van der Waals surface area contributed by atoms with Gasteiger partial charge in [0.05, 0.1) is 21.7 Å². The van der Waals surface area contributed by atoms with E-state index < -0.39 is 11.6 Å². The average molecular weight is 364 g/mol. The Morgan fingerprint density at radius 3 is 2.60 bits per heavy atom. The molecule has 2 aromatic carbocycles. The SMILES string of the molecule is OCc1ccc(OCc2c(F)ccc(Br)c2F)c(Cl)c1. The summed E-state index contributed by atoms with van der Waals surface area (Å²) < 4.78 is 32.8. The summed E-state index contributed by atoms with van der Waals surface area (Å²) >= 11 is 8.94. The van der Waals surface area contributed by atoms with Gasteiger partial charge in [-0.25, -0.2) is 8.78 Å². The lowest BCUT2D eigenvalue weighted by molar-refractivity contribution is 0.280. The number of benzene rings is 2. The summed E-state index contributed by atoms with van der Waals surface area (Å²) in [6.07, 6.45) is 0. The first-order chi connectivity index (χ1) is 9.52. The van der Waals surface area contributed by atoms with Gasteiger partial charge in [0, 0.05) is 0 Å². The summed E-state index contributed by atoms with van der Waals surface area (Å²) in [5.41, 5.74) is 0.448. The first-order valence-electron chi connectivity index (χ1n) is 5.67. The molecule has 0 atom stereocenters. The molecule has 106 valence electrons. The van der Waals surface area contributed by atoms with Gasteiger partial charge in [-0.1, -0.05) is 17.7 Å². The third kappa shape index (κ3) is 3.29. The maximum Gasteiger partial charge on any atom is 0.146 e. The van der Waals surface area contributed by atoms with Crippen molar-refractivity contribution in [3.8, 4) is 5.75 Å². The van der Waals surface area contributed by atoms with Gasteiger partial charge in [-0.3, -0.25) is 0 Å². The monoisotopic (exact) mass is 362 g/mol. The van der Waals surface area contributed by atoms with E-state index in [0.29, 0.717) is 11.3 Å². The lowest BCUT2D eigenvalue weighted by Gasteiger charge is -2.11. The Morgan fingerprint density at radius 1 is 1.20 bits per heavy atom. The van der Waals surface area contributed by atoms with Crippen molar-refractivity contribution in [2.24, 2.45) is 0 Å². The number of aliphatic hydroxyl groups excluding tert-OH is 1. The maximum absolute atomic E-state index is 13.8. The summed E-state index contributed by atoms with van der Waals surface area (Å²) in [6.45, 7) is -0.426. The van der Waals surface area contributed by atoms with Gasteiger partial charge in [0.25, 0.3) is 0 Å². The molecule has 2 rings (SSSR count). The minimum atomic E-state index is -0.701. The highest BCUT2D eigenvalue weighted by Crippen LogP contribution is 2.28. The van der Waals surface area contributed by atoms with Crippen molar-refractivity contribution in [3.63, 3.8) is 0 Å². The van der Waals surface area contributed by atoms with Crippen molar-refractivity contribution in [2.75, 3.05) is 0 Å². The third-order valence-electron chi connectivity index (χ3n) is 2.69. The molecule has 0 bridgehead atoms. The van der Waals surface area contributed by atoms with Gasteiger partial charge >= 0.3 is 0 Å². The van der Waals surface area contributed by atoms with Crippen LogP contribution in [0.5, 0.6) is 5.75 Å². The zero-order valence-electron chi connectivity index (χ0n) is 10.2. The van der Waals surface area contributed by atoms with Gasteiger partial charge in [0.15, 0.2) is 0 Å². The van der Waals surface area contributed by atoms with Gasteiger partial charge in [-0.2, -0.15) is 0 Å². The molecule has 6 heteroatoms. The van der Waals surface area contributed by atoms with E-state index in [1.165, 1.54) is 12.1 Å². The van der Waals surface area contributed by atoms with E-state index in [1.54, 1.807) is 12.1 Å². The van der Waals surface area contributed by atoms with Gasteiger partial charge in [-0.05, 0) is 45.8 Å². The van der Waals surface area contributed by atoms with Crippen LogP contribution in [-0.4, -0.2) is 5.11 Å². The van der Waals surface area contributed by atoms with E-state index in [2.05, 4.69) is 15.9 Å². The Hall–Kier alpha value is -1.17. The maximum atomic E-state index is 13.8. The van der Waals surface area contributed by atoms with E-state index in [4.69, 9.17) is 21.4 Å². The van der Waals surface area contributed by atoms with Gasteiger partial charge < -0.3 is 9.84 Å². The predicted octanol–water partition coefficient (Wildman–Crippen LogP) is 4.45. The fourth-order valence-corrected chi connectivity index (χ4v) is 2.24. The standard InChI is InChI=1S/C14H10BrClF2O2/c15-10-2-3-12(17)9(14(10)18)7-20-13-4-1-8(6-19)5-11(13)16/h1-5,19H,6-7H2. The third-order valence-corrected chi connectivity index (χ3v) is 3.60. The van der Waals surface area contributed by atoms with Gasteiger partial charge in [-0.15, -0.1) is 0 Å². The summed E-state index contributed by atoms with van der Waals surface area (Å²) in [4.78, 5) is 0. The molecule has 0 saturated carbocycles. The molecule has 0 fully saturated rings. The molecule has 0 amide bonds. The van der Waals surface area contributed by atoms with E-state index >= 15 is 0 Å². The van der Waals surface area contributed by atoms with Crippen molar-refractivity contribution in [3.05, 3.63) is 62.6 Å². The van der Waals surface area contributed by atoms with Crippen LogP contribution in [0.2, 0.25) is 5.02 Å². The highest BCUT2D eigenvalue weighted by molar-refractivity contribution is 9.10. The van der Waals surface area contributed by atoms with Crippen LogP contribution in [0.25, 0.3) is 0 Å². The highest BCUT2D eigenvalue weighted by atomic mass is 79.9. The lowest BCUT2D eigenvalue weighted by atomic mass is 10.2. The fourth-order valence-electron chi connectivity index (χ4n) is 1.61. The Balaban J connectivity index is 2.19. The molecule has 0 spiro atoms. The highest BCUT2D eigenvalue weighted by Gasteiger charge is 2.13. The van der Waals surface area contributed by atoms with Crippen LogP contribution in [0.15, 0.2) is 34.8 Å². The van der Waals surface area contributed by atoms with E-state index in [-0.39, 0.29) is 28.3 Å². The van der Waals surface area contributed by atoms with Crippen LogP contribution in [0.1, 0.15) is 11.1 Å². The summed E-state index contributed by atoms with van der Waals surface area (Å²) in [5.74, 6) is -1.09. The van der Waals surface area contributed by atoms with Gasteiger partial charge in [0.1, 0.15) is 24.0 Å². The topological polar surface area (TPSA) is 29.5 Å². The molecular formula is C14H10BrClF2O2. The molecule has 0 radical (unpaired) electrons. The molecule has 0 unspecified atom stereocenters. The number of halogens is 4. The molecular weight excluding hydrogens is 354 g/mol. The summed E-state index contributed by atoms with van der Waals surface area (Å²) in [7, 11) is 0. The number of hydrogen-bond acceptors (Lipinski definition) is 2. The van der Waals surface area contributed by atoms with Crippen LogP contribution in [-0.2, 0) is 13.2 Å². The van der Waals surface area contributed by atoms with E-state index in [1.807, 2.05) is 0 Å². The number of hydrogen-bond donors (Lipinski definition) is 1. The Kier molecular flexibility index (Phi) is 4.96. The Morgan fingerprint density at radius 2 is 1.95 bits per heavy atom. The molecule has 0 aliphatic rings. The van der Waals surface area contributed by atoms with Crippen molar-refractivity contribution in [1.82, 2.24) is 0 Å². The molecule has 1 N–H and O–H groups in total. The smallest absolute Gasteiger partial charge is 0.146 e. The Labute approximate surface area is 128 Å². The van der Waals surface area contributed by atoms with Crippen LogP contribution >= 0.6 is 27.5 Å². The second-order valence-corrected chi connectivity index (χ2v) is 5.29. The quantitative estimate of drug-likeness (QED) is 0.813. The molecule has 0 aliphatic heterocycles. The minimum absolute atomic E-state index is 0.144. The van der Waals surface area contributed by atoms with Crippen molar-refractivity contribution in [2.45, 2.75) is 13.2 Å². The average Bonchev–Trinajstić information content (AvgIpc) is 2.44. The normalized spacial score (nSPS) is 10.7. The molecule has 20 heavy (non-hydrogen) atoms. The number of aliphatic hydroxyl groups is 1. The number of rotatable bonds is 4. The minimum Gasteiger partial charge on any atom is -0.487 e. The second-order valence-electron chi connectivity index (χ2n) is 4.03. The lowest BCUT2D eigenvalue weighted by Crippen LogP contribution is -2.03. The van der Waals surface area contributed by atoms with E-state index in [9.17, 15) is 8.78 Å². The van der Waals surface area contributed by atoms with Gasteiger partial charge in [0.2, 0.25) is 0 Å². The largest absolute Gasteiger partial charge is 0.487 e. The van der Waals surface area contributed by atoms with Crippen LogP contribution in [0, 0.1) is 11.6 Å². The van der Waals surface area contributed by atoms with Crippen molar-refractivity contribution < 1.29 is 18.6 Å². The fraction of sp³-hybridized carbons (Fsp3) is 0.143. The zero-order valence-corrected chi connectivity index (χ0v) is 12.5. The summed E-state index contributed by atoms with van der Waals surface area (Å²) in [6, 6.07) is 7.14. The van der Waals surface area contributed by atoms with Crippen molar-refractivity contribution >= 4 is 27.5 Å². The number of ether oxygens (including phenoxy) is 1. The first-order valence-corrected chi connectivity index (χ1v) is 6.84. The predicted molar refractivity (Wildman–Crippen MR) is 75.8 cm³/mol. The molecule has 0 aromatic heterocycles. The zero-order chi connectivity index (χ0) is 14.7. The second kappa shape index (κ2) is 6.52. The Bertz CT molecular complexity index is 635. The van der Waals surface area contributed by atoms with Crippen LogP contribution in [0.3, 0.4) is 0 Å². The van der Waals surface area contributed by atoms with Crippen molar-refractivity contribution in [1.29, 1.82) is 0 Å². The molecule has 2 nitrogen and oxygen atoms in total. The first kappa shape index (κ1) is 15.2. The van der Waals surface area contributed by atoms with Crippen LogP contribution in [0.4, 0.5) is 8.78 Å². The summed E-state index contributed by atoms with van der Waals surface area (Å²) in [5, 5.41) is 9.23. The molecule has 2 aromatic rings. The van der Waals surface area contributed by atoms with Crippen LogP contribution < -0.4 is 4.74 Å². The van der Waals surface area contributed by atoms with E-state index in [0.717, 1.165) is 6.07 Å². The molecule has 0 saturated heterocycles. The molecule has 0 heterocycles. The molecule has 0 aliphatic carbocycles.